The molecular weight excluding hydrogens is 198 g/mol. The van der Waals surface area contributed by atoms with E-state index in [-0.39, 0.29) is 0 Å². The van der Waals surface area contributed by atoms with Crippen molar-refractivity contribution in [3.05, 3.63) is 29.9 Å². The van der Waals surface area contributed by atoms with Crippen LogP contribution in [-0.2, 0) is 13.6 Å². The number of allylic oxidation sites excluding steroid dienone is 1. The highest BCUT2D eigenvalue weighted by molar-refractivity contribution is 5.05. The number of rotatable bonds is 5. The van der Waals surface area contributed by atoms with Crippen molar-refractivity contribution in [3.63, 3.8) is 0 Å². The van der Waals surface area contributed by atoms with Crippen LogP contribution >= 0.6 is 0 Å². The minimum Gasteiger partial charge on any atom is -0.337 e. The third kappa shape index (κ3) is 3.20. The fourth-order valence-electron chi connectivity index (χ4n) is 2.15. The molecule has 88 valence electrons. The molecule has 0 amide bonds. The Labute approximate surface area is 97.6 Å². The normalized spacial score (nSPS) is 16.2. The van der Waals surface area contributed by atoms with Gasteiger partial charge in [0.15, 0.2) is 0 Å². The van der Waals surface area contributed by atoms with Crippen LogP contribution in [0.4, 0.5) is 0 Å². The zero-order valence-corrected chi connectivity index (χ0v) is 10.1. The summed E-state index contributed by atoms with van der Waals surface area (Å²) in [5, 5.41) is 3.45. The van der Waals surface area contributed by atoms with Crippen molar-refractivity contribution in [2.45, 2.75) is 38.6 Å². The van der Waals surface area contributed by atoms with Crippen molar-refractivity contribution in [1.82, 2.24) is 14.9 Å². The molecule has 3 nitrogen and oxygen atoms in total. The Kier molecular flexibility index (Phi) is 4.17. The monoisotopic (exact) mass is 219 g/mol. The number of aryl methyl sites for hydroxylation is 1. The largest absolute Gasteiger partial charge is 0.337 e. The van der Waals surface area contributed by atoms with Gasteiger partial charge in [-0.1, -0.05) is 11.6 Å². The Morgan fingerprint density at radius 3 is 3.06 bits per heavy atom. The lowest BCUT2D eigenvalue weighted by molar-refractivity contribution is 0.610. The van der Waals surface area contributed by atoms with Crippen LogP contribution in [0.1, 0.15) is 37.9 Å². The summed E-state index contributed by atoms with van der Waals surface area (Å²) in [5.41, 5.74) is 1.64. The standard InChI is InChI=1S/C13H21N3/c1-16-10-9-15-13(16)11-14-8-7-12-5-3-2-4-6-12/h5,9-10,14H,2-4,6-8,11H2,1H3. The topological polar surface area (TPSA) is 29.9 Å². The third-order valence-corrected chi connectivity index (χ3v) is 3.21. The molecule has 0 fully saturated rings. The second-order valence-corrected chi connectivity index (χ2v) is 4.49. The Balaban J connectivity index is 1.65. The van der Waals surface area contributed by atoms with Gasteiger partial charge in [-0.2, -0.15) is 0 Å². The van der Waals surface area contributed by atoms with Crippen molar-refractivity contribution in [2.24, 2.45) is 7.05 Å². The van der Waals surface area contributed by atoms with E-state index in [0.29, 0.717) is 0 Å². The molecule has 0 spiro atoms. The maximum absolute atomic E-state index is 4.29. The van der Waals surface area contributed by atoms with Crippen molar-refractivity contribution < 1.29 is 0 Å². The Morgan fingerprint density at radius 1 is 1.44 bits per heavy atom. The molecule has 1 aromatic heterocycles. The molecule has 0 radical (unpaired) electrons. The summed E-state index contributed by atoms with van der Waals surface area (Å²) < 4.78 is 2.06. The lowest BCUT2D eigenvalue weighted by Gasteiger charge is -2.12. The summed E-state index contributed by atoms with van der Waals surface area (Å²) in [4.78, 5) is 4.29. The van der Waals surface area contributed by atoms with Crippen LogP contribution in [0.5, 0.6) is 0 Å². The van der Waals surface area contributed by atoms with Crippen LogP contribution in [0.25, 0.3) is 0 Å². The van der Waals surface area contributed by atoms with E-state index >= 15 is 0 Å². The average molecular weight is 219 g/mol. The first-order valence-electron chi connectivity index (χ1n) is 6.21. The lowest BCUT2D eigenvalue weighted by Crippen LogP contribution is -2.18. The maximum atomic E-state index is 4.29. The average Bonchev–Trinajstić information content (AvgIpc) is 2.72. The van der Waals surface area contributed by atoms with Gasteiger partial charge >= 0.3 is 0 Å². The van der Waals surface area contributed by atoms with Crippen LogP contribution in [0.2, 0.25) is 0 Å². The predicted molar refractivity (Wildman–Crippen MR) is 66.1 cm³/mol. The number of nitrogens with one attached hydrogen (secondary N) is 1. The van der Waals surface area contributed by atoms with Crippen molar-refractivity contribution in [3.8, 4) is 0 Å². The van der Waals surface area contributed by atoms with Gasteiger partial charge in [-0.25, -0.2) is 4.98 Å². The first kappa shape index (κ1) is 11.4. The molecule has 0 aromatic carbocycles. The number of hydrogen-bond donors (Lipinski definition) is 1. The molecule has 0 saturated heterocycles. The van der Waals surface area contributed by atoms with Gasteiger partial charge in [0.05, 0.1) is 6.54 Å². The first-order chi connectivity index (χ1) is 7.86. The molecule has 1 heterocycles. The molecule has 2 rings (SSSR count). The lowest BCUT2D eigenvalue weighted by atomic mass is 9.97. The van der Waals surface area contributed by atoms with Crippen LogP contribution in [0.3, 0.4) is 0 Å². The Hall–Kier alpha value is -1.09. The predicted octanol–water partition coefficient (Wildman–Crippen LogP) is 2.40. The quantitative estimate of drug-likeness (QED) is 0.609. The van der Waals surface area contributed by atoms with E-state index in [9.17, 15) is 0 Å². The second-order valence-electron chi connectivity index (χ2n) is 4.49. The summed E-state index contributed by atoms with van der Waals surface area (Å²) in [7, 11) is 2.04. The molecule has 0 aliphatic heterocycles. The van der Waals surface area contributed by atoms with Gasteiger partial charge in [-0.15, -0.1) is 0 Å². The highest BCUT2D eigenvalue weighted by Gasteiger charge is 2.03. The van der Waals surface area contributed by atoms with Crippen molar-refractivity contribution >= 4 is 0 Å². The van der Waals surface area contributed by atoms with E-state index in [4.69, 9.17) is 0 Å². The first-order valence-corrected chi connectivity index (χ1v) is 6.21. The van der Waals surface area contributed by atoms with E-state index in [2.05, 4.69) is 20.9 Å². The highest BCUT2D eigenvalue weighted by Crippen LogP contribution is 2.19. The van der Waals surface area contributed by atoms with Crippen LogP contribution in [0.15, 0.2) is 24.0 Å². The number of hydrogen-bond acceptors (Lipinski definition) is 2. The van der Waals surface area contributed by atoms with Gasteiger partial charge < -0.3 is 9.88 Å². The van der Waals surface area contributed by atoms with E-state index < -0.39 is 0 Å². The number of aromatic nitrogens is 2. The highest BCUT2D eigenvalue weighted by atomic mass is 15.1. The molecule has 1 aliphatic carbocycles. The molecule has 0 atom stereocenters. The fourth-order valence-corrected chi connectivity index (χ4v) is 2.15. The summed E-state index contributed by atoms with van der Waals surface area (Å²) in [6, 6.07) is 0. The minimum atomic E-state index is 0.872. The smallest absolute Gasteiger partial charge is 0.122 e. The molecule has 0 saturated carbocycles. The van der Waals surface area contributed by atoms with Crippen molar-refractivity contribution in [1.29, 1.82) is 0 Å². The van der Waals surface area contributed by atoms with Crippen LogP contribution in [-0.4, -0.2) is 16.1 Å². The van der Waals surface area contributed by atoms with E-state index in [0.717, 1.165) is 18.9 Å². The zero-order chi connectivity index (χ0) is 11.2. The van der Waals surface area contributed by atoms with Crippen LogP contribution in [0, 0.1) is 0 Å². The van der Waals surface area contributed by atoms with E-state index in [1.165, 1.54) is 32.1 Å². The molecule has 0 bridgehead atoms. The fraction of sp³-hybridized carbons (Fsp3) is 0.615. The third-order valence-electron chi connectivity index (χ3n) is 3.21. The van der Waals surface area contributed by atoms with Gasteiger partial charge in [0.25, 0.3) is 0 Å². The van der Waals surface area contributed by atoms with Crippen molar-refractivity contribution in [2.75, 3.05) is 6.54 Å². The maximum Gasteiger partial charge on any atom is 0.122 e. The van der Waals surface area contributed by atoms with Gasteiger partial charge in [-0.05, 0) is 38.6 Å². The molecule has 1 aliphatic rings. The molecule has 1 aromatic rings. The molecule has 16 heavy (non-hydrogen) atoms. The van der Waals surface area contributed by atoms with E-state index in [1.807, 2.05) is 19.4 Å². The number of imidazole rings is 1. The van der Waals surface area contributed by atoms with Crippen LogP contribution < -0.4 is 5.32 Å². The Morgan fingerprint density at radius 2 is 2.38 bits per heavy atom. The zero-order valence-electron chi connectivity index (χ0n) is 10.1. The molecule has 0 unspecified atom stereocenters. The van der Waals surface area contributed by atoms with E-state index in [1.54, 1.807) is 5.57 Å². The minimum absolute atomic E-state index is 0.872. The SMILES string of the molecule is Cn1ccnc1CNCCC1=CCCCC1. The Bertz CT molecular complexity index is 352. The number of nitrogens with zero attached hydrogens (tertiary/aromatic N) is 2. The van der Waals surface area contributed by atoms with Gasteiger partial charge in [0.1, 0.15) is 5.82 Å². The summed E-state index contributed by atoms with van der Waals surface area (Å²) in [6.07, 6.45) is 12.8. The molecule has 1 N–H and O–H groups in total. The second kappa shape index (κ2) is 5.85. The summed E-state index contributed by atoms with van der Waals surface area (Å²) >= 11 is 0. The molecular formula is C13H21N3. The molecule has 3 heteroatoms. The summed E-state index contributed by atoms with van der Waals surface area (Å²) in [5.74, 6) is 1.11. The van der Waals surface area contributed by atoms with Gasteiger partial charge in [0, 0.05) is 19.4 Å². The van der Waals surface area contributed by atoms with Gasteiger partial charge in [-0.3, -0.25) is 0 Å². The van der Waals surface area contributed by atoms with Gasteiger partial charge in [0.2, 0.25) is 0 Å². The summed E-state index contributed by atoms with van der Waals surface area (Å²) in [6.45, 7) is 1.94.